The summed E-state index contributed by atoms with van der Waals surface area (Å²) in [5, 5.41) is 10.9. The van der Waals surface area contributed by atoms with Gasteiger partial charge in [-0.25, -0.2) is 8.42 Å². The molecule has 1 aliphatic rings. The molecule has 7 nitrogen and oxygen atoms in total. The molecule has 1 aliphatic heterocycles. The number of benzene rings is 3. The van der Waals surface area contributed by atoms with Crippen LogP contribution in [0.15, 0.2) is 89.8 Å². The highest BCUT2D eigenvalue weighted by Crippen LogP contribution is 2.48. The molecule has 1 saturated heterocycles. The molecule has 1 heterocycles. The summed E-state index contributed by atoms with van der Waals surface area (Å²) in [7, 11) is -4.07. The van der Waals surface area contributed by atoms with Crippen molar-refractivity contribution in [2.24, 2.45) is 0 Å². The van der Waals surface area contributed by atoms with Crippen molar-refractivity contribution in [1.29, 1.82) is 0 Å². The zero-order chi connectivity index (χ0) is 21.4. The predicted octanol–water partition coefficient (Wildman–Crippen LogP) is 4.58. The van der Waals surface area contributed by atoms with Gasteiger partial charge in [-0.3, -0.25) is 15.0 Å². The van der Waals surface area contributed by atoms with Crippen LogP contribution in [0.1, 0.15) is 30.5 Å². The Kier molecular flexibility index (Phi) is 5.15. The summed E-state index contributed by atoms with van der Waals surface area (Å²) < 4.78 is 27.9. The van der Waals surface area contributed by atoms with Gasteiger partial charge in [-0.15, -0.1) is 0 Å². The zero-order valence-corrected chi connectivity index (χ0v) is 17.0. The third-order valence-electron chi connectivity index (χ3n) is 5.28. The Morgan fingerprint density at radius 1 is 0.967 bits per heavy atom. The zero-order valence-electron chi connectivity index (χ0n) is 16.2. The third kappa shape index (κ3) is 3.60. The first-order chi connectivity index (χ1) is 14.3. The van der Waals surface area contributed by atoms with E-state index >= 15 is 0 Å². The molecule has 154 valence electrons. The van der Waals surface area contributed by atoms with Crippen molar-refractivity contribution in [3.8, 4) is 0 Å². The predicted molar refractivity (Wildman–Crippen MR) is 111 cm³/mol. The Morgan fingerprint density at radius 3 is 2.10 bits per heavy atom. The Labute approximate surface area is 174 Å². The van der Waals surface area contributed by atoms with Gasteiger partial charge in [0.2, 0.25) is 0 Å². The molecule has 3 aromatic carbocycles. The van der Waals surface area contributed by atoms with Crippen LogP contribution < -0.4 is 0 Å². The van der Waals surface area contributed by atoms with Crippen LogP contribution in [0.25, 0.3) is 0 Å². The maximum atomic E-state index is 13.4. The average Bonchev–Trinajstić information content (AvgIpc) is 3.15. The van der Waals surface area contributed by atoms with Gasteiger partial charge in [0.15, 0.2) is 0 Å². The van der Waals surface area contributed by atoms with Crippen LogP contribution in [0, 0.1) is 10.1 Å². The van der Waals surface area contributed by atoms with Crippen LogP contribution in [-0.2, 0) is 20.5 Å². The van der Waals surface area contributed by atoms with Crippen molar-refractivity contribution >= 4 is 15.7 Å². The SMILES string of the molecule is C[C@@]1(c2ccccc2)C[C@H](c2ccccc2)N(S(=O)(=O)c2ccc([N+](=O)[O-])cc2)O1. The fourth-order valence-electron chi connectivity index (χ4n) is 3.68. The second-order valence-corrected chi connectivity index (χ2v) is 9.11. The number of rotatable bonds is 5. The van der Waals surface area contributed by atoms with Gasteiger partial charge in [0, 0.05) is 18.6 Å². The molecular formula is C22H20N2O5S. The van der Waals surface area contributed by atoms with E-state index in [0.717, 1.165) is 15.6 Å². The normalized spacial score (nSPS) is 22.1. The van der Waals surface area contributed by atoms with E-state index in [4.69, 9.17) is 4.84 Å². The number of hydrogen-bond donors (Lipinski definition) is 0. The minimum Gasteiger partial charge on any atom is -0.272 e. The number of hydroxylamine groups is 1. The summed E-state index contributed by atoms with van der Waals surface area (Å²) in [6.45, 7) is 1.86. The number of nitro groups is 1. The first-order valence-electron chi connectivity index (χ1n) is 9.40. The fourth-order valence-corrected chi connectivity index (χ4v) is 5.16. The van der Waals surface area contributed by atoms with Gasteiger partial charge in [-0.1, -0.05) is 65.1 Å². The molecule has 4 rings (SSSR count). The van der Waals surface area contributed by atoms with E-state index in [2.05, 4.69) is 0 Å². The monoisotopic (exact) mass is 424 g/mol. The smallest absolute Gasteiger partial charge is 0.269 e. The van der Waals surface area contributed by atoms with Crippen LogP contribution in [-0.4, -0.2) is 17.8 Å². The topological polar surface area (TPSA) is 89.8 Å². The molecule has 8 heteroatoms. The standard InChI is InChI=1S/C22H20N2O5S/c1-22(18-10-6-3-7-11-18)16-21(17-8-4-2-5-9-17)24(29-22)30(27,28)20-14-12-19(13-15-20)23(25)26/h2-15,21H,16H2,1H3/t21-,22+/m1/s1. The maximum Gasteiger partial charge on any atom is 0.269 e. The van der Waals surface area contributed by atoms with Crippen molar-refractivity contribution in [2.45, 2.75) is 29.9 Å². The number of sulfonamides is 1. The van der Waals surface area contributed by atoms with Crippen LogP contribution in [0.2, 0.25) is 0 Å². The average molecular weight is 424 g/mol. The summed E-state index contributed by atoms with van der Waals surface area (Å²) in [5.74, 6) is 0. The molecular weight excluding hydrogens is 404 g/mol. The molecule has 3 aromatic rings. The lowest BCUT2D eigenvalue weighted by atomic mass is 9.88. The maximum absolute atomic E-state index is 13.4. The molecule has 0 bridgehead atoms. The van der Waals surface area contributed by atoms with Gasteiger partial charge < -0.3 is 0 Å². The summed E-state index contributed by atoms with van der Waals surface area (Å²) >= 11 is 0. The van der Waals surface area contributed by atoms with Gasteiger partial charge >= 0.3 is 0 Å². The van der Waals surface area contributed by atoms with E-state index in [1.807, 2.05) is 67.6 Å². The molecule has 30 heavy (non-hydrogen) atoms. The van der Waals surface area contributed by atoms with Gasteiger partial charge in [-0.05, 0) is 30.2 Å². The first kappa shape index (κ1) is 20.2. The Morgan fingerprint density at radius 2 is 1.53 bits per heavy atom. The van der Waals surface area contributed by atoms with Gasteiger partial charge in [0.05, 0.1) is 15.9 Å². The minimum absolute atomic E-state index is 0.0636. The van der Waals surface area contributed by atoms with Crippen molar-refractivity contribution in [3.63, 3.8) is 0 Å². The molecule has 0 aliphatic carbocycles. The Bertz CT molecular complexity index is 1150. The number of hydrogen-bond acceptors (Lipinski definition) is 5. The van der Waals surface area contributed by atoms with Crippen LogP contribution in [0.3, 0.4) is 0 Å². The highest BCUT2D eigenvalue weighted by Gasteiger charge is 2.49. The fraction of sp³-hybridized carbons (Fsp3) is 0.182. The lowest BCUT2D eigenvalue weighted by molar-refractivity contribution is -0.384. The summed E-state index contributed by atoms with van der Waals surface area (Å²) in [4.78, 5) is 16.4. The summed E-state index contributed by atoms with van der Waals surface area (Å²) in [6, 6.07) is 23.0. The molecule has 0 saturated carbocycles. The number of nitrogens with zero attached hydrogens (tertiary/aromatic N) is 2. The molecule has 2 atom stereocenters. The van der Waals surface area contributed by atoms with Crippen LogP contribution >= 0.6 is 0 Å². The molecule has 0 aromatic heterocycles. The Hall–Kier alpha value is -3.07. The van der Waals surface area contributed by atoms with Crippen molar-refractivity contribution < 1.29 is 18.2 Å². The molecule has 0 radical (unpaired) electrons. The largest absolute Gasteiger partial charge is 0.272 e. The second-order valence-electron chi connectivity index (χ2n) is 7.33. The highest BCUT2D eigenvalue weighted by molar-refractivity contribution is 7.89. The molecule has 0 spiro atoms. The summed E-state index contributed by atoms with van der Waals surface area (Å²) in [5.41, 5.74) is 0.648. The van der Waals surface area contributed by atoms with Crippen molar-refractivity contribution in [1.82, 2.24) is 4.47 Å². The van der Waals surface area contributed by atoms with E-state index < -0.39 is 26.6 Å². The van der Waals surface area contributed by atoms with Crippen molar-refractivity contribution in [3.05, 3.63) is 106 Å². The van der Waals surface area contributed by atoms with E-state index in [1.54, 1.807) is 0 Å². The molecule has 1 fully saturated rings. The van der Waals surface area contributed by atoms with E-state index in [0.29, 0.717) is 6.42 Å². The van der Waals surface area contributed by atoms with E-state index in [1.165, 1.54) is 24.3 Å². The lowest BCUT2D eigenvalue weighted by Crippen LogP contribution is -2.32. The Balaban J connectivity index is 1.77. The van der Waals surface area contributed by atoms with Crippen LogP contribution in [0.5, 0.6) is 0 Å². The first-order valence-corrected chi connectivity index (χ1v) is 10.8. The summed E-state index contributed by atoms with van der Waals surface area (Å²) in [6.07, 6.45) is 0.424. The second kappa shape index (κ2) is 7.64. The molecule has 0 unspecified atom stereocenters. The molecule has 0 N–H and O–H groups in total. The highest BCUT2D eigenvalue weighted by atomic mass is 32.2. The van der Waals surface area contributed by atoms with E-state index in [9.17, 15) is 18.5 Å². The van der Waals surface area contributed by atoms with Gasteiger partial charge in [-0.2, -0.15) is 0 Å². The third-order valence-corrected chi connectivity index (χ3v) is 6.95. The molecule has 0 amide bonds. The number of non-ortho nitro benzene ring substituents is 1. The van der Waals surface area contributed by atoms with Gasteiger partial charge in [0.25, 0.3) is 15.7 Å². The van der Waals surface area contributed by atoms with E-state index in [-0.39, 0.29) is 10.6 Å². The minimum atomic E-state index is -4.07. The number of nitro benzene ring substituents is 1. The van der Waals surface area contributed by atoms with Gasteiger partial charge in [0.1, 0.15) is 5.60 Å². The van der Waals surface area contributed by atoms with Crippen molar-refractivity contribution in [2.75, 3.05) is 0 Å². The quantitative estimate of drug-likeness (QED) is 0.442. The lowest BCUT2D eigenvalue weighted by Gasteiger charge is -2.25. The van der Waals surface area contributed by atoms with Crippen LogP contribution in [0.4, 0.5) is 5.69 Å².